The van der Waals surface area contributed by atoms with E-state index in [0.717, 1.165) is 4.90 Å². The molecule has 1 atom stereocenters. The van der Waals surface area contributed by atoms with Crippen molar-refractivity contribution in [3.05, 3.63) is 59.7 Å². The van der Waals surface area contributed by atoms with Crippen LogP contribution in [0.2, 0.25) is 0 Å². The van der Waals surface area contributed by atoms with E-state index in [1.807, 2.05) is 6.26 Å². The second-order valence-corrected chi connectivity index (χ2v) is 6.91. The SMILES string of the molecule is COc1ccc(OC(=O)C(CCSC)N2C(=O)c3ccccc3C2=O)cc1. The molecule has 0 saturated heterocycles. The molecular weight excluding hydrogens is 366 g/mol. The molecule has 7 heteroatoms. The predicted octanol–water partition coefficient (Wildman–Crippen LogP) is 3.02. The lowest BCUT2D eigenvalue weighted by molar-refractivity contribution is -0.138. The average molecular weight is 385 g/mol. The van der Waals surface area contributed by atoms with Gasteiger partial charge >= 0.3 is 5.97 Å². The third kappa shape index (κ3) is 3.83. The van der Waals surface area contributed by atoms with Crippen LogP contribution in [0, 0.1) is 0 Å². The van der Waals surface area contributed by atoms with Gasteiger partial charge in [0.2, 0.25) is 0 Å². The summed E-state index contributed by atoms with van der Waals surface area (Å²) in [7, 11) is 1.54. The van der Waals surface area contributed by atoms with E-state index in [1.54, 1.807) is 55.6 Å². The van der Waals surface area contributed by atoms with Gasteiger partial charge in [-0.25, -0.2) is 4.79 Å². The standard InChI is InChI=1S/C20H19NO5S/c1-25-13-7-9-14(10-8-13)26-20(24)17(11-12-27-2)21-18(22)15-5-3-4-6-16(15)19(21)23/h3-10,17H,11-12H2,1-2H3. The zero-order valence-corrected chi connectivity index (χ0v) is 15.8. The van der Waals surface area contributed by atoms with Gasteiger partial charge in [0.05, 0.1) is 18.2 Å². The molecule has 0 bridgehead atoms. The van der Waals surface area contributed by atoms with Crippen molar-refractivity contribution in [2.45, 2.75) is 12.5 Å². The van der Waals surface area contributed by atoms with Crippen molar-refractivity contribution in [1.82, 2.24) is 4.90 Å². The van der Waals surface area contributed by atoms with Crippen LogP contribution in [0.15, 0.2) is 48.5 Å². The number of carbonyl (C=O) groups is 3. The molecule has 1 aliphatic rings. The fourth-order valence-electron chi connectivity index (χ4n) is 2.90. The van der Waals surface area contributed by atoms with E-state index in [2.05, 4.69) is 0 Å². The van der Waals surface area contributed by atoms with Crippen molar-refractivity contribution >= 4 is 29.5 Å². The lowest BCUT2D eigenvalue weighted by Gasteiger charge is -2.24. The summed E-state index contributed by atoms with van der Waals surface area (Å²) in [6.07, 6.45) is 2.22. The summed E-state index contributed by atoms with van der Waals surface area (Å²) in [5.74, 6) is 0.00150. The summed E-state index contributed by atoms with van der Waals surface area (Å²) in [4.78, 5) is 39.3. The second-order valence-electron chi connectivity index (χ2n) is 5.92. The maximum absolute atomic E-state index is 12.8. The molecule has 0 saturated carbocycles. The number of fused-ring (bicyclic) bond motifs is 1. The molecular formula is C20H19NO5S. The molecule has 0 fully saturated rings. The molecule has 1 unspecified atom stereocenters. The van der Waals surface area contributed by atoms with Crippen molar-refractivity contribution in [2.75, 3.05) is 19.1 Å². The summed E-state index contributed by atoms with van der Waals surface area (Å²) in [6, 6.07) is 12.1. The maximum atomic E-state index is 12.8. The highest BCUT2D eigenvalue weighted by Crippen LogP contribution is 2.27. The van der Waals surface area contributed by atoms with Gasteiger partial charge in [0.1, 0.15) is 17.5 Å². The number of amides is 2. The van der Waals surface area contributed by atoms with Gasteiger partial charge < -0.3 is 9.47 Å². The highest BCUT2D eigenvalue weighted by Gasteiger charge is 2.43. The summed E-state index contributed by atoms with van der Waals surface area (Å²) >= 11 is 1.53. The molecule has 0 aromatic heterocycles. The number of rotatable bonds is 7. The molecule has 0 aliphatic carbocycles. The Bertz CT molecular complexity index is 830. The molecule has 0 N–H and O–H groups in total. The zero-order chi connectivity index (χ0) is 19.4. The molecule has 6 nitrogen and oxygen atoms in total. The van der Waals surface area contributed by atoms with E-state index in [0.29, 0.717) is 34.8 Å². The van der Waals surface area contributed by atoms with E-state index < -0.39 is 23.8 Å². The van der Waals surface area contributed by atoms with Gasteiger partial charge in [0.15, 0.2) is 0 Å². The quantitative estimate of drug-likeness (QED) is 0.414. The number of benzene rings is 2. The molecule has 0 spiro atoms. The first-order valence-corrected chi connectivity index (χ1v) is 9.77. The minimum Gasteiger partial charge on any atom is -0.497 e. The van der Waals surface area contributed by atoms with Crippen LogP contribution >= 0.6 is 11.8 Å². The van der Waals surface area contributed by atoms with Crippen molar-refractivity contribution in [3.63, 3.8) is 0 Å². The van der Waals surface area contributed by atoms with Gasteiger partial charge in [-0.3, -0.25) is 14.5 Å². The third-order valence-corrected chi connectivity index (χ3v) is 4.93. The van der Waals surface area contributed by atoms with Gasteiger partial charge in [0, 0.05) is 0 Å². The molecule has 0 radical (unpaired) electrons. The van der Waals surface area contributed by atoms with Crippen LogP contribution < -0.4 is 9.47 Å². The van der Waals surface area contributed by atoms with Crippen molar-refractivity contribution in [3.8, 4) is 11.5 Å². The van der Waals surface area contributed by atoms with E-state index >= 15 is 0 Å². The van der Waals surface area contributed by atoms with Crippen LogP contribution in [0.3, 0.4) is 0 Å². The Morgan fingerprint density at radius 2 is 1.56 bits per heavy atom. The number of esters is 1. The number of carbonyl (C=O) groups excluding carboxylic acids is 3. The first kappa shape index (κ1) is 19.0. The minimum absolute atomic E-state index is 0.314. The van der Waals surface area contributed by atoms with E-state index in [1.165, 1.54) is 11.8 Å². The number of ether oxygens (including phenoxy) is 2. The summed E-state index contributed by atoms with van der Waals surface area (Å²) in [6.45, 7) is 0. The zero-order valence-electron chi connectivity index (χ0n) is 15.0. The second kappa shape index (κ2) is 8.26. The van der Waals surface area contributed by atoms with E-state index in [4.69, 9.17) is 9.47 Å². The molecule has 27 heavy (non-hydrogen) atoms. The number of hydrogen-bond acceptors (Lipinski definition) is 6. The van der Waals surface area contributed by atoms with Gasteiger partial charge in [-0.05, 0) is 54.8 Å². The lowest BCUT2D eigenvalue weighted by atomic mass is 10.1. The van der Waals surface area contributed by atoms with Crippen LogP contribution in [0.5, 0.6) is 11.5 Å². The van der Waals surface area contributed by atoms with E-state index in [-0.39, 0.29) is 0 Å². The first-order chi connectivity index (χ1) is 13.1. The molecule has 1 aliphatic heterocycles. The van der Waals surface area contributed by atoms with Gasteiger partial charge in [0.25, 0.3) is 11.8 Å². The Hall–Kier alpha value is -2.80. The smallest absolute Gasteiger partial charge is 0.334 e. The summed E-state index contributed by atoms with van der Waals surface area (Å²) < 4.78 is 10.5. The normalized spacial score (nSPS) is 14.1. The Morgan fingerprint density at radius 1 is 1.00 bits per heavy atom. The monoisotopic (exact) mass is 385 g/mol. The molecule has 2 aromatic rings. The molecule has 140 valence electrons. The summed E-state index contributed by atoms with van der Waals surface area (Å²) in [5, 5.41) is 0. The maximum Gasteiger partial charge on any atom is 0.334 e. The highest BCUT2D eigenvalue weighted by atomic mass is 32.2. The molecule has 1 heterocycles. The van der Waals surface area contributed by atoms with Crippen molar-refractivity contribution in [2.24, 2.45) is 0 Å². The fraction of sp³-hybridized carbons (Fsp3) is 0.250. The van der Waals surface area contributed by atoms with Gasteiger partial charge in [-0.2, -0.15) is 11.8 Å². The Kier molecular flexibility index (Phi) is 5.81. The summed E-state index contributed by atoms with van der Waals surface area (Å²) in [5.41, 5.74) is 0.628. The number of imide groups is 1. The topological polar surface area (TPSA) is 72.9 Å². The largest absolute Gasteiger partial charge is 0.497 e. The van der Waals surface area contributed by atoms with Crippen LogP contribution in [-0.2, 0) is 4.79 Å². The van der Waals surface area contributed by atoms with E-state index in [9.17, 15) is 14.4 Å². The number of thioether (sulfide) groups is 1. The minimum atomic E-state index is -0.980. The first-order valence-electron chi connectivity index (χ1n) is 8.38. The molecule has 3 rings (SSSR count). The van der Waals surface area contributed by atoms with Crippen LogP contribution in [0.1, 0.15) is 27.1 Å². The highest BCUT2D eigenvalue weighted by molar-refractivity contribution is 7.98. The van der Waals surface area contributed by atoms with Crippen molar-refractivity contribution < 1.29 is 23.9 Å². The Morgan fingerprint density at radius 3 is 2.07 bits per heavy atom. The third-order valence-electron chi connectivity index (χ3n) is 4.28. The average Bonchev–Trinajstić information content (AvgIpc) is 2.94. The van der Waals surface area contributed by atoms with Gasteiger partial charge in [-0.1, -0.05) is 12.1 Å². The van der Waals surface area contributed by atoms with Crippen LogP contribution in [-0.4, -0.2) is 47.8 Å². The number of hydrogen-bond donors (Lipinski definition) is 0. The Balaban J connectivity index is 1.84. The fourth-order valence-corrected chi connectivity index (χ4v) is 3.36. The molecule has 2 aromatic carbocycles. The van der Waals surface area contributed by atoms with Crippen molar-refractivity contribution in [1.29, 1.82) is 0 Å². The van der Waals surface area contributed by atoms with Gasteiger partial charge in [-0.15, -0.1) is 0 Å². The van der Waals surface area contributed by atoms with Crippen LogP contribution in [0.4, 0.5) is 0 Å². The number of methoxy groups -OCH3 is 1. The predicted molar refractivity (Wildman–Crippen MR) is 102 cm³/mol. The number of nitrogens with zero attached hydrogens (tertiary/aromatic N) is 1. The molecule has 2 amide bonds. The lowest BCUT2D eigenvalue weighted by Crippen LogP contribution is -2.47. The van der Waals surface area contributed by atoms with Crippen LogP contribution in [0.25, 0.3) is 0 Å². The Labute approximate surface area is 161 Å².